The Morgan fingerprint density at radius 1 is 1.40 bits per heavy atom. The standard InChI is InChI=1S/C13H16BrN3O3/c1-6(3-12(18)19)2-9(15)7-4-10-11(5-8(7)14)17-13(20)16-10/h4-6,9H,2-3,15H2,1H3,(H,18,19)(H2,16,17,20). The van der Waals surface area contributed by atoms with Crippen LogP contribution in [-0.4, -0.2) is 21.0 Å². The summed E-state index contributed by atoms with van der Waals surface area (Å²) in [5.41, 5.74) is 8.12. The van der Waals surface area contributed by atoms with Gasteiger partial charge in [-0.15, -0.1) is 0 Å². The highest BCUT2D eigenvalue weighted by Gasteiger charge is 2.17. The van der Waals surface area contributed by atoms with Gasteiger partial charge >= 0.3 is 11.7 Å². The molecule has 0 bridgehead atoms. The molecule has 6 nitrogen and oxygen atoms in total. The number of H-pyrrole nitrogens is 2. The molecule has 0 saturated heterocycles. The Labute approximate surface area is 123 Å². The Kier molecular flexibility index (Phi) is 4.29. The number of imidazole rings is 1. The first-order valence-electron chi connectivity index (χ1n) is 6.25. The topological polar surface area (TPSA) is 112 Å². The third-order valence-corrected chi connectivity index (χ3v) is 3.90. The molecular weight excluding hydrogens is 326 g/mol. The Bertz CT molecular complexity index is 692. The molecule has 108 valence electrons. The predicted molar refractivity (Wildman–Crippen MR) is 79.6 cm³/mol. The maximum absolute atomic E-state index is 11.3. The Balaban J connectivity index is 2.24. The largest absolute Gasteiger partial charge is 0.481 e. The third-order valence-electron chi connectivity index (χ3n) is 3.21. The molecule has 2 rings (SSSR count). The first-order chi connectivity index (χ1) is 9.36. The molecule has 1 aromatic heterocycles. The van der Waals surface area contributed by atoms with Crippen molar-refractivity contribution in [1.82, 2.24) is 9.97 Å². The normalized spacial score (nSPS) is 14.3. The van der Waals surface area contributed by atoms with Crippen molar-refractivity contribution in [2.45, 2.75) is 25.8 Å². The van der Waals surface area contributed by atoms with Gasteiger partial charge in [0, 0.05) is 16.9 Å². The highest BCUT2D eigenvalue weighted by atomic mass is 79.9. The molecule has 20 heavy (non-hydrogen) atoms. The number of benzene rings is 1. The number of carboxylic acids is 1. The van der Waals surface area contributed by atoms with Crippen LogP contribution in [-0.2, 0) is 4.79 Å². The van der Waals surface area contributed by atoms with Crippen molar-refractivity contribution in [1.29, 1.82) is 0 Å². The molecule has 1 aromatic carbocycles. The highest BCUT2D eigenvalue weighted by molar-refractivity contribution is 9.10. The monoisotopic (exact) mass is 341 g/mol. The van der Waals surface area contributed by atoms with E-state index in [4.69, 9.17) is 10.8 Å². The molecule has 0 saturated carbocycles. The van der Waals surface area contributed by atoms with Crippen LogP contribution in [0, 0.1) is 5.92 Å². The van der Waals surface area contributed by atoms with Gasteiger partial charge in [-0.25, -0.2) is 4.79 Å². The number of hydrogen-bond donors (Lipinski definition) is 4. The van der Waals surface area contributed by atoms with Crippen molar-refractivity contribution >= 4 is 32.9 Å². The molecule has 5 N–H and O–H groups in total. The molecule has 2 aromatic rings. The van der Waals surface area contributed by atoms with Crippen LogP contribution in [0.3, 0.4) is 0 Å². The quantitative estimate of drug-likeness (QED) is 0.667. The predicted octanol–water partition coefficient (Wildman–Crippen LogP) is 2.12. The maximum atomic E-state index is 11.3. The number of halogens is 1. The van der Waals surface area contributed by atoms with Crippen molar-refractivity contribution in [3.63, 3.8) is 0 Å². The lowest BCUT2D eigenvalue weighted by molar-refractivity contribution is -0.138. The number of carboxylic acid groups (broad SMARTS) is 1. The summed E-state index contributed by atoms with van der Waals surface area (Å²) in [5, 5.41) is 8.77. The number of aromatic amines is 2. The van der Waals surface area contributed by atoms with Crippen LogP contribution in [0.25, 0.3) is 11.0 Å². The zero-order valence-electron chi connectivity index (χ0n) is 10.9. The lowest BCUT2D eigenvalue weighted by atomic mass is 9.94. The van der Waals surface area contributed by atoms with E-state index in [0.717, 1.165) is 10.0 Å². The first-order valence-corrected chi connectivity index (χ1v) is 7.05. The van der Waals surface area contributed by atoms with Gasteiger partial charge in [0.05, 0.1) is 11.0 Å². The van der Waals surface area contributed by atoms with Gasteiger partial charge in [0.25, 0.3) is 0 Å². The summed E-state index contributed by atoms with van der Waals surface area (Å²) in [4.78, 5) is 27.3. The molecule has 0 aliphatic rings. The second-order valence-electron chi connectivity index (χ2n) is 5.04. The number of aromatic nitrogens is 2. The molecule has 2 atom stereocenters. The van der Waals surface area contributed by atoms with E-state index in [1.54, 1.807) is 6.07 Å². The lowest BCUT2D eigenvalue weighted by Crippen LogP contribution is -2.16. The smallest absolute Gasteiger partial charge is 0.323 e. The SMILES string of the molecule is CC(CC(=O)O)CC(N)c1cc2[nH]c(=O)[nH]c2cc1Br. The minimum atomic E-state index is -0.825. The summed E-state index contributed by atoms with van der Waals surface area (Å²) in [6.07, 6.45) is 0.652. The number of rotatable bonds is 5. The second-order valence-corrected chi connectivity index (χ2v) is 5.90. The van der Waals surface area contributed by atoms with E-state index >= 15 is 0 Å². The van der Waals surface area contributed by atoms with Crippen LogP contribution in [0.4, 0.5) is 0 Å². The van der Waals surface area contributed by atoms with Gasteiger partial charge < -0.3 is 20.8 Å². The van der Waals surface area contributed by atoms with Gasteiger partial charge in [-0.05, 0) is 30.0 Å². The number of nitrogens with one attached hydrogen (secondary N) is 2. The van der Waals surface area contributed by atoms with E-state index in [-0.39, 0.29) is 24.1 Å². The van der Waals surface area contributed by atoms with Gasteiger partial charge in [-0.2, -0.15) is 0 Å². The van der Waals surface area contributed by atoms with E-state index in [1.165, 1.54) is 0 Å². The van der Waals surface area contributed by atoms with Gasteiger partial charge in [0.15, 0.2) is 0 Å². The van der Waals surface area contributed by atoms with E-state index in [2.05, 4.69) is 25.9 Å². The molecule has 0 amide bonds. The molecular formula is C13H16BrN3O3. The fourth-order valence-electron chi connectivity index (χ4n) is 2.30. The number of nitrogens with two attached hydrogens (primary N) is 1. The van der Waals surface area contributed by atoms with E-state index in [0.29, 0.717) is 17.5 Å². The minimum Gasteiger partial charge on any atom is -0.481 e. The van der Waals surface area contributed by atoms with E-state index < -0.39 is 5.97 Å². The first kappa shape index (κ1) is 14.8. The molecule has 0 fully saturated rings. The number of hydrogen-bond acceptors (Lipinski definition) is 3. The molecule has 2 unspecified atom stereocenters. The van der Waals surface area contributed by atoms with Crippen molar-refractivity contribution in [2.75, 3.05) is 0 Å². The lowest BCUT2D eigenvalue weighted by Gasteiger charge is -2.17. The van der Waals surface area contributed by atoms with Crippen LogP contribution in [0.15, 0.2) is 21.4 Å². The van der Waals surface area contributed by atoms with Crippen molar-refractivity contribution in [3.8, 4) is 0 Å². The van der Waals surface area contributed by atoms with Gasteiger partial charge in [-0.1, -0.05) is 22.9 Å². The summed E-state index contributed by atoms with van der Waals surface area (Å²) >= 11 is 3.44. The van der Waals surface area contributed by atoms with Crippen LogP contribution < -0.4 is 11.4 Å². The summed E-state index contributed by atoms with van der Waals surface area (Å²) in [5.74, 6) is -0.843. The van der Waals surface area contributed by atoms with E-state index in [9.17, 15) is 9.59 Å². The third kappa shape index (κ3) is 3.29. The molecule has 1 heterocycles. The fourth-order valence-corrected chi connectivity index (χ4v) is 2.94. The van der Waals surface area contributed by atoms with E-state index in [1.807, 2.05) is 13.0 Å². The summed E-state index contributed by atoms with van der Waals surface area (Å²) < 4.78 is 0.801. The maximum Gasteiger partial charge on any atom is 0.323 e. The average Bonchev–Trinajstić information content (AvgIpc) is 2.65. The number of aliphatic carboxylic acids is 1. The molecule has 0 aliphatic heterocycles. The van der Waals surface area contributed by atoms with Crippen LogP contribution in [0.1, 0.15) is 31.4 Å². The molecule has 0 aliphatic carbocycles. The summed E-state index contributed by atoms with van der Waals surface area (Å²) in [7, 11) is 0. The Morgan fingerprint density at radius 2 is 2.00 bits per heavy atom. The summed E-state index contributed by atoms with van der Waals surface area (Å²) in [6, 6.07) is 3.32. The second kappa shape index (κ2) is 5.80. The Morgan fingerprint density at radius 3 is 2.60 bits per heavy atom. The number of carbonyl (C=O) groups is 1. The van der Waals surface area contributed by atoms with Crippen molar-refractivity contribution in [2.24, 2.45) is 11.7 Å². The summed E-state index contributed by atoms with van der Waals surface area (Å²) in [6.45, 7) is 1.86. The van der Waals surface area contributed by atoms with Gasteiger partial charge in [0.1, 0.15) is 0 Å². The van der Waals surface area contributed by atoms with Crippen LogP contribution in [0.2, 0.25) is 0 Å². The zero-order chi connectivity index (χ0) is 14.9. The molecule has 0 spiro atoms. The zero-order valence-corrected chi connectivity index (χ0v) is 12.5. The van der Waals surface area contributed by atoms with Crippen molar-refractivity contribution < 1.29 is 9.90 Å². The van der Waals surface area contributed by atoms with Crippen LogP contribution in [0.5, 0.6) is 0 Å². The molecule has 0 radical (unpaired) electrons. The Hall–Kier alpha value is -1.60. The minimum absolute atomic E-state index is 0.0182. The highest BCUT2D eigenvalue weighted by Crippen LogP contribution is 2.29. The van der Waals surface area contributed by atoms with Crippen molar-refractivity contribution in [3.05, 3.63) is 32.7 Å². The van der Waals surface area contributed by atoms with Gasteiger partial charge in [-0.3, -0.25) is 4.79 Å². The fraction of sp³-hybridized carbons (Fsp3) is 0.385. The van der Waals surface area contributed by atoms with Crippen LogP contribution >= 0.6 is 15.9 Å². The average molecular weight is 342 g/mol. The number of fused-ring (bicyclic) bond motifs is 1. The molecule has 7 heteroatoms. The van der Waals surface area contributed by atoms with Gasteiger partial charge in [0.2, 0.25) is 0 Å².